The Morgan fingerprint density at radius 3 is 1.80 bits per heavy atom. The summed E-state index contributed by atoms with van der Waals surface area (Å²) >= 11 is 0. The van der Waals surface area contributed by atoms with E-state index in [0.717, 1.165) is 37.4 Å². The van der Waals surface area contributed by atoms with Gasteiger partial charge in [0.1, 0.15) is 6.10 Å². The summed E-state index contributed by atoms with van der Waals surface area (Å²) in [5, 5.41) is 23.5. The molecule has 3 aliphatic carbocycles. The van der Waals surface area contributed by atoms with Crippen LogP contribution >= 0.6 is 0 Å². The Kier molecular flexibility index (Phi) is 15.0. The topological polar surface area (TPSA) is 136 Å². The fourth-order valence-electron chi connectivity index (χ4n) is 8.80. The summed E-state index contributed by atoms with van der Waals surface area (Å²) < 4.78 is 56.7. The van der Waals surface area contributed by atoms with E-state index < -0.39 is 11.0 Å². The fraction of sp³-hybridized carbons (Fsp3) is 0.842. The van der Waals surface area contributed by atoms with Crippen molar-refractivity contribution in [2.75, 3.05) is 126 Å². The van der Waals surface area contributed by atoms with Crippen LogP contribution in [0.2, 0.25) is 0 Å². The Bertz CT molecular complexity index is 1190. The van der Waals surface area contributed by atoms with Crippen LogP contribution in [-0.4, -0.2) is 165 Å². The minimum Gasteiger partial charge on any atom is -0.504 e. The molecule has 6 rings (SSSR count). The maximum Gasteiger partial charge on any atom is 0.165 e. The molecule has 0 radical (unpaired) electrons. The Balaban J connectivity index is 0.795. The first-order chi connectivity index (χ1) is 25.1. The van der Waals surface area contributed by atoms with Crippen molar-refractivity contribution in [2.45, 2.75) is 74.2 Å². The Morgan fingerprint density at radius 1 is 0.725 bits per heavy atom. The van der Waals surface area contributed by atoms with Crippen molar-refractivity contribution in [2.24, 2.45) is 5.92 Å². The largest absolute Gasteiger partial charge is 0.504 e. The lowest BCUT2D eigenvalue weighted by molar-refractivity contribution is -0.218. The normalized spacial score (nSPS) is 28.1. The number of aliphatic hydroxyl groups is 1. The van der Waals surface area contributed by atoms with Crippen LogP contribution < -0.4 is 4.74 Å². The maximum absolute atomic E-state index is 12.6. The standard InChI is InChI=1S/C38H61NO12/c1-42-11-12-43-13-14-44-15-16-45-17-18-46-19-20-47-21-22-48-23-24-49-25-26-50-32-7-8-38(41)33-27-30-5-6-31(40)35-34(30)37(38,36(32)51-35)9-10-39(33)28-29-3-2-4-29/h5-6,29,32-33,36,40-41H,2-4,7-28H2,1H3/t32?,33-,36+,37+,38-/m1/s1. The van der Waals surface area contributed by atoms with E-state index in [-0.39, 0.29) is 24.0 Å². The summed E-state index contributed by atoms with van der Waals surface area (Å²) in [4.78, 5) is 2.57. The highest BCUT2D eigenvalue weighted by atomic mass is 16.6. The van der Waals surface area contributed by atoms with Gasteiger partial charge in [-0.25, -0.2) is 0 Å². The fourth-order valence-corrected chi connectivity index (χ4v) is 8.80. The molecule has 13 nitrogen and oxygen atoms in total. The molecule has 5 atom stereocenters. The second kappa shape index (κ2) is 19.6. The molecule has 2 aliphatic heterocycles. The third-order valence-corrected chi connectivity index (χ3v) is 11.5. The van der Waals surface area contributed by atoms with E-state index >= 15 is 0 Å². The number of phenols is 1. The third kappa shape index (κ3) is 9.20. The van der Waals surface area contributed by atoms with E-state index in [2.05, 4.69) is 4.90 Å². The van der Waals surface area contributed by atoms with E-state index in [1.54, 1.807) is 13.2 Å². The molecule has 2 bridgehead atoms. The van der Waals surface area contributed by atoms with Crippen LogP contribution in [0.3, 0.4) is 0 Å². The lowest BCUT2D eigenvalue weighted by atomic mass is 9.48. The first-order valence-electron chi connectivity index (χ1n) is 19.2. The SMILES string of the molecule is COCCOCCOCCOCCOCCOCCOCCOCCOC1CC[C@@]2(O)[C@H]3Cc4ccc(O)c5c4[C@@]2(CCN3CC2CCC2)[C@H]1O5. The molecule has 2 heterocycles. The van der Waals surface area contributed by atoms with Crippen LogP contribution in [-0.2, 0) is 54.5 Å². The number of hydrogen-bond acceptors (Lipinski definition) is 13. The zero-order valence-electron chi connectivity index (χ0n) is 30.6. The summed E-state index contributed by atoms with van der Waals surface area (Å²) in [6.45, 7) is 10.1. The highest BCUT2D eigenvalue weighted by Crippen LogP contribution is 2.65. The molecule has 1 unspecified atom stereocenters. The number of methoxy groups -OCH3 is 1. The first-order valence-corrected chi connectivity index (χ1v) is 19.2. The summed E-state index contributed by atoms with van der Waals surface area (Å²) in [5.41, 5.74) is 0.776. The second-order valence-corrected chi connectivity index (χ2v) is 14.4. The van der Waals surface area contributed by atoms with Gasteiger partial charge in [0.2, 0.25) is 0 Å². The number of rotatable bonds is 27. The second-order valence-electron chi connectivity index (χ2n) is 14.4. The van der Waals surface area contributed by atoms with Gasteiger partial charge in [0.05, 0.1) is 123 Å². The van der Waals surface area contributed by atoms with Crippen molar-refractivity contribution in [1.29, 1.82) is 0 Å². The minimum atomic E-state index is -0.901. The van der Waals surface area contributed by atoms with Gasteiger partial charge >= 0.3 is 0 Å². The zero-order chi connectivity index (χ0) is 35.4. The van der Waals surface area contributed by atoms with Gasteiger partial charge in [0, 0.05) is 25.3 Å². The van der Waals surface area contributed by atoms with Gasteiger partial charge in [-0.3, -0.25) is 4.90 Å². The molecular weight excluding hydrogens is 662 g/mol. The highest BCUT2D eigenvalue weighted by Gasteiger charge is 2.73. The molecule has 0 amide bonds. The van der Waals surface area contributed by atoms with Gasteiger partial charge in [-0.05, 0) is 62.6 Å². The van der Waals surface area contributed by atoms with Crippen LogP contribution in [0.4, 0.5) is 0 Å². The zero-order valence-corrected chi connectivity index (χ0v) is 30.6. The molecule has 51 heavy (non-hydrogen) atoms. The molecule has 2 N–H and O–H groups in total. The molecule has 0 aromatic heterocycles. The molecular formula is C38H61NO12. The molecule has 3 fully saturated rings. The molecule has 13 heteroatoms. The number of likely N-dealkylation sites (tertiary alicyclic amines) is 1. The van der Waals surface area contributed by atoms with E-state index in [1.807, 2.05) is 6.07 Å². The lowest BCUT2D eigenvalue weighted by Crippen LogP contribution is -2.77. The summed E-state index contributed by atoms with van der Waals surface area (Å²) in [7, 11) is 1.65. The van der Waals surface area contributed by atoms with E-state index in [1.165, 1.54) is 24.8 Å². The van der Waals surface area contributed by atoms with Crippen molar-refractivity contribution in [1.82, 2.24) is 4.90 Å². The van der Waals surface area contributed by atoms with Crippen LogP contribution in [0.5, 0.6) is 11.5 Å². The Labute approximate surface area is 303 Å². The average Bonchev–Trinajstić information content (AvgIpc) is 3.47. The van der Waals surface area contributed by atoms with Crippen molar-refractivity contribution in [3.63, 3.8) is 0 Å². The third-order valence-electron chi connectivity index (χ3n) is 11.5. The van der Waals surface area contributed by atoms with Crippen molar-refractivity contribution in [3.05, 3.63) is 23.3 Å². The van der Waals surface area contributed by atoms with Crippen molar-refractivity contribution >= 4 is 0 Å². The Morgan fingerprint density at radius 2 is 1.27 bits per heavy atom. The number of benzene rings is 1. The molecule has 290 valence electrons. The highest BCUT2D eigenvalue weighted by molar-refractivity contribution is 5.62. The molecule has 2 saturated carbocycles. The predicted molar refractivity (Wildman–Crippen MR) is 187 cm³/mol. The van der Waals surface area contributed by atoms with Crippen molar-refractivity contribution < 1.29 is 57.6 Å². The summed E-state index contributed by atoms with van der Waals surface area (Å²) in [6.07, 6.45) is 6.39. The van der Waals surface area contributed by atoms with Gasteiger partial charge in [-0.15, -0.1) is 0 Å². The number of ether oxygens (including phenoxy) is 10. The van der Waals surface area contributed by atoms with Gasteiger partial charge in [-0.1, -0.05) is 12.5 Å². The molecule has 1 spiro atoms. The van der Waals surface area contributed by atoms with Crippen LogP contribution in [0, 0.1) is 5.92 Å². The molecule has 5 aliphatic rings. The van der Waals surface area contributed by atoms with E-state index in [4.69, 9.17) is 47.4 Å². The van der Waals surface area contributed by atoms with Crippen LogP contribution in [0.15, 0.2) is 12.1 Å². The number of hydrogen-bond donors (Lipinski definition) is 2. The van der Waals surface area contributed by atoms with E-state index in [9.17, 15) is 10.2 Å². The molecule has 1 aromatic rings. The lowest BCUT2D eigenvalue weighted by Gasteiger charge is -2.64. The van der Waals surface area contributed by atoms with Crippen LogP contribution in [0.25, 0.3) is 0 Å². The van der Waals surface area contributed by atoms with Gasteiger partial charge in [0.25, 0.3) is 0 Å². The van der Waals surface area contributed by atoms with Gasteiger partial charge in [0.15, 0.2) is 11.5 Å². The predicted octanol–water partition coefficient (Wildman–Crippen LogP) is 2.49. The summed E-state index contributed by atoms with van der Waals surface area (Å²) in [6, 6.07) is 3.87. The van der Waals surface area contributed by atoms with Crippen molar-refractivity contribution in [3.8, 4) is 11.5 Å². The average molecular weight is 724 g/mol. The van der Waals surface area contributed by atoms with Gasteiger partial charge < -0.3 is 57.6 Å². The monoisotopic (exact) mass is 723 g/mol. The Hall–Kier alpha value is -1.62. The van der Waals surface area contributed by atoms with Gasteiger partial charge in [-0.2, -0.15) is 0 Å². The number of nitrogens with zero attached hydrogens (tertiary/aromatic N) is 1. The number of piperidine rings is 1. The first kappa shape index (κ1) is 39.1. The molecule has 1 aromatic carbocycles. The summed E-state index contributed by atoms with van der Waals surface area (Å²) in [5.74, 6) is 1.46. The smallest absolute Gasteiger partial charge is 0.165 e. The minimum absolute atomic E-state index is 0.0639. The quantitative estimate of drug-likeness (QED) is 0.129. The van der Waals surface area contributed by atoms with Crippen LogP contribution in [0.1, 0.15) is 49.7 Å². The number of phenolic OH excluding ortho intramolecular Hbond substituents is 1. The number of aromatic hydroxyl groups is 1. The van der Waals surface area contributed by atoms with E-state index in [0.29, 0.717) is 124 Å². The molecule has 1 saturated heterocycles. The maximum atomic E-state index is 12.6.